The molecule has 0 saturated carbocycles. The predicted octanol–water partition coefficient (Wildman–Crippen LogP) is 4.36. The van der Waals surface area contributed by atoms with Crippen LogP contribution in [-0.4, -0.2) is 13.7 Å². The van der Waals surface area contributed by atoms with E-state index in [1.165, 1.54) is 57.8 Å². The third-order valence-corrected chi connectivity index (χ3v) is 5.13. The quantitative estimate of drug-likeness (QED) is 0.512. The molecular formula is C15H33NO2S. The summed E-state index contributed by atoms with van der Waals surface area (Å²) in [4.78, 5) is 0. The first-order valence-corrected chi connectivity index (χ1v) is 9.61. The molecule has 0 saturated heterocycles. The van der Waals surface area contributed by atoms with Crippen LogP contribution in [0.25, 0.3) is 0 Å². The van der Waals surface area contributed by atoms with Gasteiger partial charge in [-0.2, -0.15) is 0 Å². The Morgan fingerprint density at radius 3 is 1.53 bits per heavy atom. The van der Waals surface area contributed by atoms with E-state index >= 15 is 0 Å². The molecule has 2 N–H and O–H groups in total. The summed E-state index contributed by atoms with van der Waals surface area (Å²) < 4.78 is 22.0. The molecule has 0 aromatic heterocycles. The molecule has 0 amide bonds. The highest BCUT2D eigenvalue weighted by Crippen LogP contribution is 2.13. The van der Waals surface area contributed by atoms with Crippen LogP contribution in [0.15, 0.2) is 0 Å². The Kier molecular flexibility index (Phi) is 11.7. The standard InChI is InChI=1S/C15H33NO2S/c1-3-4-5-6-7-8-9-10-11-12-13-14-15(2)19(16,17)18/h15H,3-14H2,1-2H3,(H2,16,17,18). The van der Waals surface area contributed by atoms with E-state index in [1.54, 1.807) is 6.92 Å². The van der Waals surface area contributed by atoms with Crippen LogP contribution >= 0.6 is 0 Å². The van der Waals surface area contributed by atoms with Gasteiger partial charge in [-0.3, -0.25) is 0 Å². The van der Waals surface area contributed by atoms with Gasteiger partial charge in [-0.15, -0.1) is 0 Å². The molecule has 0 spiro atoms. The van der Waals surface area contributed by atoms with Crippen molar-refractivity contribution in [2.75, 3.05) is 0 Å². The van der Waals surface area contributed by atoms with Crippen molar-refractivity contribution >= 4 is 10.0 Å². The lowest BCUT2D eigenvalue weighted by atomic mass is 10.0. The zero-order valence-corrected chi connectivity index (χ0v) is 13.7. The summed E-state index contributed by atoms with van der Waals surface area (Å²) in [6, 6.07) is 0. The number of hydrogen-bond acceptors (Lipinski definition) is 2. The first kappa shape index (κ1) is 18.9. The van der Waals surface area contributed by atoms with E-state index < -0.39 is 10.0 Å². The summed E-state index contributed by atoms with van der Waals surface area (Å²) in [7, 11) is -3.32. The van der Waals surface area contributed by atoms with Gasteiger partial charge in [0.05, 0.1) is 5.25 Å². The number of nitrogens with two attached hydrogens (primary N) is 1. The average molecular weight is 292 g/mol. The Bertz CT molecular complexity index is 289. The smallest absolute Gasteiger partial charge is 0.211 e. The van der Waals surface area contributed by atoms with Crippen LogP contribution in [0.5, 0.6) is 0 Å². The number of unbranched alkanes of at least 4 members (excludes halogenated alkanes) is 10. The topological polar surface area (TPSA) is 60.2 Å². The summed E-state index contributed by atoms with van der Waals surface area (Å²) in [6.45, 7) is 3.95. The van der Waals surface area contributed by atoms with E-state index in [0.29, 0.717) is 6.42 Å². The minimum absolute atomic E-state index is 0.383. The second kappa shape index (κ2) is 11.7. The van der Waals surface area contributed by atoms with E-state index in [0.717, 1.165) is 12.8 Å². The van der Waals surface area contributed by atoms with Gasteiger partial charge in [0, 0.05) is 0 Å². The minimum atomic E-state index is -3.32. The van der Waals surface area contributed by atoms with Crippen molar-refractivity contribution in [2.45, 2.75) is 96.1 Å². The van der Waals surface area contributed by atoms with Crippen LogP contribution in [0.1, 0.15) is 90.9 Å². The molecule has 4 heteroatoms. The van der Waals surface area contributed by atoms with Gasteiger partial charge in [-0.1, -0.05) is 77.6 Å². The summed E-state index contributed by atoms with van der Waals surface area (Å²) in [6.07, 6.45) is 14.9. The van der Waals surface area contributed by atoms with E-state index in [1.807, 2.05) is 0 Å². The zero-order chi connectivity index (χ0) is 14.6. The lowest BCUT2D eigenvalue weighted by Gasteiger charge is -2.08. The van der Waals surface area contributed by atoms with Crippen LogP contribution in [0.4, 0.5) is 0 Å². The second-order valence-electron chi connectivity index (χ2n) is 5.72. The zero-order valence-electron chi connectivity index (χ0n) is 12.9. The molecule has 0 fully saturated rings. The first-order valence-electron chi connectivity index (χ1n) is 8.00. The predicted molar refractivity (Wildman–Crippen MR) is 83.6 cm³/mol. The number of sulfonamides is 1. The molecule has 0 aliphatic rings. The maximum atomic E-state index is 11.0. The van der Waals surface area contributed by atoms with Crippen LogP contribution in [0.2, 0.25) is 0 Å². The van der Waals surface area contributed by atoms with E-state index in [2.05, 4.69) is 6.92 Å². The van der Waals surface area contributed by atoms with Crippen LogP contribution in [-0.2, 0) is 10.0 Å². The summed E-state index contributed by atoms with van der Waals surface area (Å²) in [5.41, 5.74) is 0. The van der Waals surface area contributed by atoms with Gasteiger partial charge in [0.1, 0.15) is 0 Å². The molecule has 0 rings (SSSR count). The highest BCUT2D eigenvalue weighted by molar-refractivity contribution is 7.89. The summed E-state index contributed by atoms with van der Waals surface area (Å²) in [5, 5.41) is 4.70. The Morgan fingerprint density at radius 2 is 1.16 bits per heavy atom. The average Bonchev–Trinajstić information content (AvgIpc) is 2.34. The SMILES string of the molecule is CCCCCCCCCCCCCC(C)S(N)(=O)=O. The van der Waals surface area contributed by atoms with E-state index in [4.69, 9.17) is 5.14 Å². The lowest BCUT2D eigenvalue weighted by Crippen LogP contribution is -2.25. The van der Waals surface area contributed by atoms with Gasteiger partial charge < -0.3 is 0 Å². The normalized spacial score (nSPS) is 13.6. The Labute approximate surface area is 120 Å². The molecule has 0 aliphatic carbocycles. The van der Waals surface area contributed by atoms with Crippen molar-refractivity contribution in [3.05, 3.63) is 0 Å². The Morgan fingerprint density at radius 1 is 0.789 bits per heavy atom. The molecule has 0 bridgehead atoms. The molecule has 0 radical (unpaired) electrons. The highest BCUT2D eigenvalue weighted by atomic mass is 32.2. The molecule has 1 atom stereocenters. The van der Waals surface area contributed by atoms with Crippen molar-refractivity contribution in [3.8, 4) is 0 Å². The van der Waals surface area contributed by atoms with Gasteiger partial charge in [0.2, 0.25) is 10.0 Å². The van der Waals surface area contributed by atoms with Crippen molar-refractivity contribution in [2.24, 2.45) is 5.14 Å². The molecule has 0 aliphatic heterocycles. The maximum absolute atomic E-state index is 11.0. The monoisotopic (exact) mass is 291 g/mol. The van der Waals surface area contributed by atoms with Crippen molar-refractivity contribution in [1.29, 1.82) is 0 Å². The molecule has 3 nitrogen and oxygen atoms in total. The molecule has 0 heterocycles. The number of primary sulfonamides is 1. The van der Waals surface area contributed by atoms with Crippen molar-refractivity contribution in [1.82, 2.24) is 0 Å². The Balaban J connectivity index is 3.19. The largest absolute Gasteiger partial charge is 0.228 e. The van der Waals surface area contributed by atoms with Gasteiger partial charge in [0.15, 0.2) is 0 Å². The third kappa shape index (κ3) is 12.7. The third-order valence-electron chi connectivity index (χ3n) is 3.78. The molecule has 19 heavy (non-hydrogen) atoms. The van der Waals surface area contributed by atoms with Gasteiger partial charge >= 0.3 is 0 Å². The molecule has 0 aromatic carbocycles. The van der Waals surface area contributed by atoms with E-state index in [9.17, 15) is 8.42 Å². The fourth-order valence-electron chi connectivity index (χ4n) is 2.26. The van der Waals surface area contributed by atoms with E-state index in [-0.39, 0.29) is 5.25 Å². The lowest BCUT2D eigenvalue weighted by molar-refractivity contribution is 0.536. The van der Waals surface area contributed by atoms with Gasteiger partial charge in [0.25, 0.3) is 0 Å². The Hall–Kier alpha value is -0.0900. The van der Waals surface area contributed by atoms with Crippen molar-refractivity contribution in [3.63, 3.8) is 0 Å². The minimum Gasteiger partial charge on any atom is -0.228 e. The molecule has 116 valence electrons. The summed E-state index contributed by atoms with van der Waals surface area (Å²) in [5.74, 6) is 0. The van der Waals surface area contributed by atoms with Crippen LogP contribution in [0, 0.1) is 0 Å². The number of rotatable bonds is 13. The highest BCUT2D eigenvalue weighted by Gasteiger charge is 2.14. The molecule has 0 aromatic rings. The molecular weight excluding hydrogens is 258 g/mol. The summed E-state index contributed by atoms with van der Waals surface area (Å²) >= 11 is 0. The maximum Gasteiger partial charge on any atom is 0.211 e. The van der Waals surface area contributed by atoms with Crippen LogP contribution in [0.3, 0.4) is 0 Å². The van der Waals surface area contributed by atoms with Gasteiger partial charge in [-0.05, 0) is 13.3 Å². The fourth-order valence-corrected chi connectivity index (χ4v) is 2.76. The molecule has 1 unspecified atom stereocenters. The van der Waals surface area contributed by atoms with Crippen LogP contribution < -0.4 is 5.14 Å². The number of hydrogen-bond donors (Lipinski definition) is 1. The fraction of sp³-hybridized carbons (Fsp3) is 1.00. The van der Waals surface area contributed by atoms with Crippen molar-refractivity contribution < 1.29 is 8.42 Å². The first-order chi connectivity index (χ1) is 8.98. The van der Waals surface area contributed by atoms with Gasteiger partial charge in [-0.25, -0.2) is 13.6 Å². The second-order valence-corrected chi connectivity index (χ2v) is 7.71.